The number of rotatable bonds is 5. The number of carbonyl (C=O) groups is 2. The standard InChI is InChI=1S/C21H22FN3O4/c22-14-3-1-2-13(6-14)7-19(26)23-8-15-16-9-25(20(27)17-10-28-12-24-17)11-21(16)5-4-18(15)29-21/h1-3,6,10,12,15-16,18H,4-5,7-9,11H2,(H,23,26)/t15-,16+,18+,21+/m0/s1. The van der Waals surface area contributed by atoms with Crippen LogP contribution in [0.15, 0.2) is 41.3 Å². The monoisotopic (exact) mass is 399 g/mol. The first-order chi connectivity index (χ1) is 14.0. The summed E-state index contributed by atoms with van der Waals surface area (Å²) in [6, 6.07) is 6.08. The molecule has 3 aliphatic heterocycles. The first-order valence-electron chi connectivity index (χ1n) is 9.90. The van der Waals surface area contributed by atoms with Gasteiger partial charge in [0.25, 0.3) is 5.91 Å². The molecule has 0 radical (unpaired) electrons. The number of nitrogens with zero attached hydrogens (tertiary/aromatic N) is 2. The lowest BCUT2D eigenvalue weighted by atomic mass is 9.73. The van der Waals surface area contributed by atoms with E-state index in [1.807, 2.05) is 0 Å². The van der Waals surface area contributed by atoms with Crippen molar-refractivity contribution < 1.29 is 23.1 Å². The quantitative estimate of drug-likeness (QED) is 0.829. The van der Waals surface area contributed by atoms with Crippen LogP contribution in [0.2, 0.25) is 0 Å². The second-order valence-corrected chi connectivity index (χ2v) is 8.20. The number of nitrogens with one attached hydrogen (secondary N) is 1. The Kier molecular flexibility index (Phi) is 4.38. The highest BCUT2D eigenvalue weighted by atomic mass is 19.1. The fourth-order valence-electron chi connectivity index (χ4n) is 5.22. The lowest BCUT2D eigenvalue weighted by Crippen LogP contribution is -2.42. The van der Waals surface area contributed by atoms with Gasteiger partial charge < -0.3 is 19.4 Å². The Bertz CT molecular complexity index is 934. The SMILES string of the molecule is O=C(Cc1cccc(F)c1)NC[C@H]1[C@H]2CN(C(=O)c3cocn3)C[C@]23CC[C@H]1O3. The Morgan fingerprint density at radius 3 is 3.07 bits per heavy atom. The lowest BCUT2D eigenvalue weighted by Gasteiger charge is -2.29. The molecule has 0 unspecified atom stereocenters. The van der Waals surface area contributed by atoms with Gasteiger partial charge in [-0.05, 0) is 30.5 Å². The number of aromatic nitrogens is 1. The summed E-state index contributed by atoms with van der Waals surface area (Å²) in [5.74, 6) is -0.284. The Morgan fingerprint density at radius 1 is 1.38 bits per heavy atom. The summed E-state index contributed by atoms with van der Waals surface area (Å²) in [5.41, 5.74) is 0.631. The molecule has 2 aromatic rings. The fourth-order valence-corrected chi connectivity index (χ4v) is 5.22. The number of likely N-dealkylation sites (tertiary alicyclic amines) is 1. The zero-order valence-corrected chi connectivity index (χ0v) is 15.8. The van der Waals surface area contributed by atoms with Crippen molar-refractivity contribution in [3.63, 3.8) is 0 Å². The highest BCUT2D eigenvalue weighted by Crippen LogP contribution is 2.54. The predicted octanol–water partition coefficient (Wildman–Crippen LogP) is 1.79. The van der Waals surface area contributed by atoms with E-state index in [1.54, 1.807) is 17.0 Å². The highest BCUT2D eigenvalue weighted by Gasteiger charge is 2.63. The molecular formula is C21H22FN3O4. The van der Waals surface area contributed by atoms with Crippen molar-refractivity contribution in [1.29, 1.82) is 0 Å². The number of hydrogen-bond acceptors (Lipinski definition) is 5. The van der Waals surface area contributed by atoms with E-state index in [1.165, 1.54) is 24.8 Å². The average Bonchev–Trinajstić information content (AvgIpc) is 3.46. The van der Waals surface area contributed by atoms with Gasteiger partial charge >= 0.3 is 0 Å². The van der Waals surface area contributed by atoms with E-state index in [4.69, 9.17) is 9.15 Å². The lowest BCUT2D eigenvalue weighted by molar-refractivity contribution is -0.120. The largest absolute Gasteiger partial charge is 0.451 e. The number of fused-ring (bicyclic) bond motifs is 1. The average molecular weight is 399 g/mol. The normalized spacial score (nSPS) is 29.8. The molecule has 8 heteroatoms. The van der Waals surface area contributed by atoms with Crippen molar-refractivity contribution in [2.75, 3.05) is 19.6 Å². The highest BCUT2D eigenvalue weighted by molar-refractivity contribution is 5.92. The molecule has 4 heterocycles. The van der Waals surface area contributed by atoms with Gasteiger partial charge in [-0.15, -0.1) is 0 Å². The molecule has 152 valence electrons. The molecule has 2 bridgehead atoms. The minimum atomic E-state index is -0.346. The number of hydrogen-bond donors (Lipinski definition) is 1. The van der Waals surface area contributed by atoms with Crippen LogP contribution in [0.25, 0.3) is 0 Å². The molecule has 1 aromatic heterocycles. The van der Waals surface area contributed by atoms with Crippen LogP contribution in [0.3, 0.4) is 0 Å². The van der Waals surface area contributed by atoms with Gasteiger partial charge in [0.15, 0.2) is 12.1 Å². The number of ether oxygens (including phenoxy) is 1. The molecule has 5 rings (SSSR count). The third kappa shape index (κ3) is 3.21. The van der Waals surface area contributed by atoms with Gasteiger partial charge in [0.2, 0.25) is 5.91 Å². The van der Waals surface area contributed by atoms with Gasteiger partial charge in [-0.1, -0.05) is 12.1 Å². The first kappa shape index (κ1) is 18.3. The van der Waals surface area contributed by atoms with Crippen LogP contribution in [-0.4, -0.2) is 53.0 Å². The molecule has 0 aliphatic carbocycles. The fraction of sp³-hybridized carbons (Fsp3) is 0.476. The van der Waals surface area contributed by atoms with Crippen LogP contribution in [0.4, 0.5) is 4.39 Å². The molecule has 1 N–H and O–H groups in total. The van der Waals surface area contributed by atoms with Crippen molar-refractivity contribution in [3.05, 3.63) is 54.0 Å². The molecule has 7 nitrogen and oxygen atoms in total. The Labute approximate surface area is 167 Å². The zero-order chi connectivity index (χ0) is 20.0. The molecule has 4 atom stereocenters. The van der Waals surface area contributed by atoms with Crippen LogP contribution in [0.5, 0.6) is 0 Å². The number of benzene rings is 1. The van der Waals surface area contributed by atoms with Crippen LogP contribution < -0.4 is 5.32 Å². The maximum atomic E-state index is 13.3. The maximum absolute atomic E-state index is 13.3. The number of halogens is 1. The van der Waals surface area contributed by atoms with Gasteiger partial charge in [-0.25, -0.2) is 9.37 Å². The molecule has 2 amide bonds. The molecule has 1 aromatic carbocycles. The predicted molar refractivity (Wildman–Crippen MR) is 99.3 cm³/mol. The van der Waals surface area contributed by atoms with E-state index in [9.17, 15) is 14.0 Å². The van der Waals surface area contributed by atoms with Crippen molar-refractivity contribution in [3.8, 4) is 0 Å². The summed E-state index contributed by atoms with van der Waals surface area (Å²) in [6.45, 7) is 1.64. The Hall–Kier alpha value is -2.74. The second-order valence-electron chi connectivity index (χ2n) is 8.20. The third-order valence-corrected chi connectivity index (χ3v) is 6.51. The topological polar surface area (TPSA) is 84.7 Å². The van der Waals surface area contributed by atoms with Gasteiger partial charge in [-0.3, -0.25) is 9.59 Å². The second kappa shape index (κ2) is 6.95. The molecule has 3 aliphatic rings. The van der Waals surface area contributed by atoms with Crippen molar-refractivity contribution >= 4 is 11.8 Å². The van der Waals surface area contributed by atoms with Crippen LogP contribution in [0, 0.1) is 17.7 Å². The van der Waals surface area contributed by atoms with Crippen molar-refractivity contribution in [2.24, 2.45) is 11.8 Å². The summed E-state index contributed by atoms with van der Waals surface area (Å²) in [5, 5.41) is 2.99. The summed E-state index contributed by atoms with van der Waals surface area (Å²) in [7, 11) is 0. The third-order valence-electron chi connectivity index (χ3n) is 6.51. The molecule has 1 spiro atoms. The minimum absolute atomic E-state index is 0.110. The van der Waals surface area contributed by atoms with E-state index in [-0.39, 0.29) is 47.6 Å². The zero-order valence-electron chi connectivity index (χ0n) is 15.8. The summed E-state index contributed by atoms with van der Waals surface area (Å²) in [4.78, 5) is 30.7. The molecule has 3 saturated heterocycles. The summed E-state index contributed by atoms with van der Waals surface area (Å²) >= 11 is 0. The van der Waals surface area contributed by atoms with E-state index in [2.05, 4.69) is 10.3 Å². The summed E-state index contributed by atoms with van der Waals surface area (Å²) in [6.07, 6.45) is 4.73. The van der Waals surface area contributed by atoms with Crippen molar-refractivity contribution in [2.45, 2.75) is 31.0 Å². The van der Waals surface area contributed by atoms with Crippen LogP contribution >= 0.6 is 0 Å². The van der Waals surface area contributed by atoms with Crippen LogP contribution in [-0.2, 0) is 16.0 Å². The molecule has 3 fully saturated rings. The van der Waals surface area contributed by atoms with Gasteiger partial charge in [-0.2, -0.15) is 0 Å². The van der Waals surface area contributed by atoms with Crippen molar-refractivity contribution in [1.82, 2.24) is 15.2 Å². The maximum Gasteiger partial charge on any atom is 0.275 e. The van der Waals surface area contributed by atoms with Gasteiger partial charge in [0.1, 0.15) is 12.1 Å². The van der Waals surface area contributed by atoms with Gasteiger partial charge in [0.05, 0.1) is 24.7 Å². The van der Waals surface area contributed by atoms with E-state index in [0.29, 0.717) is 30.9 Å². The number of oxazole rings is 1. The Balaban J connectivity index is 1.23. The number of carbonyl (C=O) groups excluding carboxylic acids is 2. The Morgan fingerprint density at radius 2 is 2.28 bits per heavy atom. The number of amides is 2. The molecular weight excluding hydrogens is 377 g/mol. The van der Waals surface area contributed by atoms with E-state index >= 15 is 0 Å². The smallest absolute Gasteiger partial charge is 0.275 e. The van der Waals surface area contributed by atoms with E-state index in [0.717, 1.165) is 12.8 Å². The van der Waals surface area contributed by atoms with E-state index < -0.39 is 0 Å². The molecule has 29 heavy (non-hydrogen) atoms. The molecule has 0 saturated carbocycles. The first-order valence-corrected chi connectivity index (χ1v) is 9.90. The van der Waals surface area contributed by atoms with Gasteiger partial charge in [0, 0.05) is 24.9 Å². The van der Waals surface area contributed by atoms with Crippen LogP contribution in [0.1, 0.15) is 28.9 Å². The summed E-state index contributed by atoms with van der Waals surface area (Å²) < 4.78 is 24.6. The minimum Gasteiger partial charge on any atom is -0.451 e.